The molecule has 0 bridgehead atoms. The number of ether oxygens (including phenoxy) is 1. The second-order valence-electron chi connectivity index (χ2n) is 4.84. The van der Waals surface area contributed by atoms with Crippen molar-refractivity contribution in [2.24, 2.45) is 0 Å². The molecule has 0 spiro atoms. The van der Waals surface area contributed by atoms with E-state index in [-0.39, 0.29) is 17.9 Å². The Balaban J connectivity index is 1.82. The predicted molar refractivity (Wildman–Crippen MR) is 69.2 cm³/mol. The van der Waals surface area contributed by atoms with Gasteiger partial charge in [-0.1, -0.05) is 18.2 Å². The number of aromatic nitrogens is 4. The quantitative estimate of drug-likeness (QED) is 0.826. The highest BCUT2D eigenvalue weighted by Crippen LogP contribution is 2.19. The molecule has 6 nitrogen and oxygen atoms in total. The maximum atomic E-state index is 12.2. The van der Waals surface area contributed by atoms with Crippen LogP contribution in [-0.2, 0) is 11.3 Å². The van der Waals surface area contributed by atoms with Gasteiger partial charge in [-0.3, -0.25) is 0 Å². The van der Waals surface area contributed by atoms with E-state index < -0.39 is 0 Å². The SMILES string of the molecule is C[C@H]1CC[C@H](Cn2nnn(-c3ccccc3)c2=O)O1. The van der Waals surface area contributed by atoms with Gasteiger partial charge in [0, 0.05) is 0 Å². The molecule has 19 heavy (non-hydrogen) atoms. The second kappa shape index (κ2) is 4.97. The topological polar surface area (TPSA) is 61.9 Å². The Labute approximate surface area is 110 Å². The summed E-state index contributed by atoms with van der Waals surface area (Å²) in [5, 5.41) is 7.83. The summed E-state index contributed by atoms with van der Waals surface area (Å²) in [4.78, 5) is 12.2. The standard InChI is InChI=1S/C13H16N4O2/c1-10-7-8-12(19-10)9-16-13(18)17(15-14-16)11-5-3-2-4-6-11/h2-6,10,12H,7-9H2,1H3/t10-,12+/m0/s1. The Morgan fingerprint density at radius 1 is 1.26 bits per heavy atom. The van der Waals surface area contributed by atoms with Gasteiger partial charge in [0.25, 0.3) is 0 Å². The van der Waals surface area contributed by atoms with E-state index in [1.807, 2.05) is 37.3 Å². The van der Waals surface area contributed by atoms with Crippen LogP contribution in [0.25, 0.3) is 5.69 Å². The van der Waals surface area contributed by atoms with Gasteiger partial charge in [0.2, 0.25) is 0 Å². The van der Waals surface area contributed by atoms with E-state index in [9.17, 15) is 4.79 Å². The summed E-state index contributed by atoms with van der Waals surface area (Å²) < 4.78 is 8.37. The van der Waals surface area contributed by atoms with Gasteiger partial charge in [0.15, 0.2) is 0 Å². The Morgan fingerprint density at radius 3 is 2.74 bits per heavy atom. The van der Waals surface area contributed by atoms with E-state index in [1.54, 1.807) is 0 Å². The highest BCUT2D eigenvalue weighted by atomic mass is 16.5. The summed E-state index contributed by atoms with van der Waals surface area (Å²) >= 11 is 0. The van der Waals surface area contributed by atoms with Crippen molar-refractivity contribution in [2.75, 3.05) is 0 Å². The Kier molecular flexibility index (Phi) is 3.16. The third-order valence-electron chi connectivity index (χ3n) is 3.34. The fourth-order valence-corrected chi connectivity index (χ4v) is 2.33. The number of nitrogens with zero attached hydrogens (tertiary/aromatic N) is 4. The van der Waals surface area contributed by atoms with E-state index in [4.69, 9.17) is 4.74 Å². The fraction of sp³-hybridized carbons (Fsp3) is 0.462. The lowest BCUT2D eigenvalue weighted by atomic mass is 10.2. The molecule has 1 aromatic heterocycles. The molecule has 0 saturated carbocycles. The summed E-state index contributed by atoms with van der Waals surface area (Å²) in [6, 6.07) is 9.28. The van der Waals surface area contributed by atoms with Gasteiger partial charge >= 0.3 is 5.69 Å². The minimum atomic E-state index is -0.227. The fourth-order valence-electron chi connectivity index (χ4n) is 2.33. The van der Waals surface area contributed by atoms with Crippen molar-refractivity contribution in [2.45, 2.75) is 38.5 Å². The first kappa shape index (κ1) is 12.1. The normalized spacial score (nSPS) is 22.8. The van der Waals surface area contributed by atoms with Crippen molar-refractivity contribution in [3.05, 3.63) is 40.8 Å². The molecule has 1 fully saturated rings. The largest absolute Gasteiger partial charge is 0.373 e. The summed E-state index contributed by atoms with van der Waals surface area (Å²) in [6.45, 7) is 2.51. The lowest BCUT2D eigenvalue weighted by Crippen LogP contribution is -2.29. The minimum absolute atomic E-state index is 0.0635. The van der Waals surface area contributed by atoms with E-state index in [2.05, 4.69) is 10.4 Å². The van der Waals surface area contributed by atoms with E-state index >= 15 is 0 Å². The van der Waals surface area contributed by atoms with Crippen LogP contribution in [0.3, 0.4) is 0 Å². The van der Waals surface area contributed by atoms with Gasteiger partial charge in [0.1, 0.15) is 0 Å². The van der Waals surface area contributed by atoms with E-state index in [0.717, 1.165) is 18.5 Å². The number of rotatable bonds is 3. The number of para-hydroxylation sites is 1. The molecule has 0 radical (unpaired) electrons. The number of hydrogen-bond donors (Lipinski definition) is 0. The van der Waals surface area contributed by atoms with Crippen LogP contribution in [0.15, 0.2) is 35.1 Å². The van der Waals surface area contributed by atoms with E-state index in [0.29, 0.717) is 6.54 Å². The van der Waals surface area contributed by atoms with Crippen LogP contribution in [0.4, 0.5) is 0 Å². The molecule has 0 unspecified atom stereocenters. The van der Waals surface area contributed by atoms with Crippen molar-refractivity contribution in [3.8, 4) is 5.69 Å². The Bertz CT molecular complexity index is 605. The number of benzene rings is 1. The van der Waals surface area contributed by atoms with Gasteiger partial charge in [-0.25, -0.2) is 4.79 Å². The molecule has 2 aromatic rings. The van der Waals surface area contributed by atoms with Crippen LogP contribution in [0.5, 0.6) is 0 Å². The summed E-state index contributed by atoms with van der Waals surface area (Å²) in [5.74, 6) is 0. The Hall–Kier alpha value is -1.95. The van der Waals surface area contributed by atoms with Gasteiger partial charge in [-0.15, -0.1) is 0 Å². The molecule has 6 heteroatoms. The predicted octanol–water partition coefficient (Wildman–Crippen LogP) is 0.996. The van der Waals surface area contributed by atoms with Crippen LogP contribution in [0.2, 0.25) is 0 Å². The smallest absolute Gasteiger partial charge is 0.368 e. The highest BCUT2D eigenvalue weighted by Gasteiger charge is 2.23. The molecule has 1 aliphatic rings. The molecule has 3 rings (SSSR count). The molecular formula is C13H16N4O2. The molecular weight excluding hydrogens is 244 g/mol. The van der Waals surface area contributed by atoms with Crippen LogP contribution < -0.4 is 5.69 Å². The summed E-state index contributed by atoms with van der Waals surface area (Å²) in [5.41, 5.74) is 0.494. The van der Waals surface area contributed by atoms with Crippen molar-refractivity contribution < 1.29 is 4.74 Å². The molecule has 100 valence electrons. The molecule has 2 heterocycles. The highest BCUT2D eigenvalue weighted by molar-refractivity contribution is 5.28. The van der Waals surface area contributed by atoms with Crippen molar-refractivity contribution in [3.63, 3.8) is 0 Å². The number of tetrazole rings is 1. The van der Waals surface area contributed by atoms with Crippen LogP contribution in [0, 0.1) is 0 Å². The molecule has 1 saturated heterocycles. The third kappa shape index (κ3) is 2.44. The third-order valence-corrected chi connectivity index (χ3v) is 3.34. The lowest BCUT2D eigenvalue weighted by Gasteiger charge is -2.09. The van der Waals surface area contributed by atoms with Crippen molar-refractivity contribution in [1.29, 1.82) is 0 Å². The maximum absolute atomic E-state index is 12.2. The summed E-state index contributed by atoms with van der Waals surface area (Å²) in [7, 11) is 0. The molecule has 1 aliphatic heterocycles. The van der Waals surface area contributed by atoms with Gasteiger partial charge in [-0.05, 0) is 42.3 Å². The zero-order valence-electron chi connectivity index (χ0n) is 10.8. The number of hydrogen-bond acceptors (Lipinski definition) is 4. The van der Waals surface area contributed by atoms with E-state index in [1.165, 1.54) is 9.36 Å². The van der Waals surface area contributed by atoms with Crippen molar-refractivity contribution >= 4 is 0 Å². The lowest BCUT2D eigenvalue weighted by molar-refractivity contribution is 0.0427. The van der Waals surface area contributed by atoms with Crippen LogP contribution in [0.1, 0.15) is 19.8 Å². The molecule has 2 atom stereocenters. The summed E-state index contributed by atoms with van der Waals surface area (Å²) in [6.07, 6.45) is 2.33. The Morgan fingerprint density at radius 2 is 2.05 bits per heavy atom. The van der Waals surface area contributed by atoms with Crippen LogP contribution >= 0.6 is 0 Å². The zero-order chi connectivity index (χ0) is 13.2. The van der Waals surface area contributed by atoms with Gasteiger partial charge in [-0.2, -0.15) is 9.36 Å². The molecule has 0 aliphatic carbocycles. The molecule has 1 aromatic carbocycles. The molecule has 0 N–H and O–H groups in total. The average Bonchev–Trinajstić information content (AvgIpc) is 2.99. The maximum Gasteiger partial charge on any atom is 0.368 e. The zero-order valence-corrected chi connectivity index (χ0v) is 10.8. The van der Waals surface area contributed by atoms with Crippen molar-refractivity contribution in [1.82, 2.24) is 19.8 Å². The van der Waals surface area contributed by atoms with Gasteiger partial charge in [0.05, 0.1) is 24.4 Å². The average molecular weight is 260 g/mol. The first-order valence-corrected chi connectivity index (χ1v) is 6.48. The van der Waals surface area contributed by atoms with Crippen LogP contribution in [-0.4, -0.2) is 32.0 Å². The minimum Gasteiger partial charge on any atom is -0.373 e. The molecule has 0 amide bonds. The second-order valence-corrected chi connectivity index (χ2v) is 4.84. The first-order chi connectivity index (χ1) is 9.24. The first-order valence-electron chi connectivity index (χ1n) is 6.48. The monoisotopic (exact) mass is 260 g/mol. The van der Waals surface area contributed by atoms with Gasteiger partial charge < -0.3 is 4.74 Å².